The number of aliphatic hydroxyl groups is 2. The number of aryl methyl sites for hydroxylation is 1. The summed E-state index contributed by atoms with van der Waals surface area (Å²) in [6, 6.07) is 0.0754. The first kappa shape index (κ1) is 33.4. The molecule has 1 aromatic heterocycles. The maximum Gasteiger partial charge on any atom is 0.309 e. The number of ketones is 1. The Bertz CT molecular complexity index is 1130. The van der Waals surface area contributed by atoms with Gasteiger partial charge in [-0.15, -0.1) is 11.3 Å². The predicted octanol–water partition coefficient (Wildman–Crippen LogP) is 4.33. The van der Waals surface area contributed by atoms with E-state index in [2.05, 4.69) is 16.8 Å². The zero-order valence-electron chi connectivity index (χ0n) is 25.8. The highest BCUT2D eigenvalue weighted by Gasteiger charge is 2.58. The number of nitrogens with zero attached hydrogens (tertiary/aromatic N) is 2. The van der Waals surface area contributed by atoms with E-state index in [0.717, 1.165) is 35.5 Å². The number of fused-ring (bicyclic) bond motifs is 1. The average Bonchev–Trinajstić information content (AvgIpc) is 3.19. The summed E-state index contributed by atoms with van der Waals surface area (Å²) in [7, 11) is 0. The van der Waals surface area contributed by atoms with Crippen LogP contribution in [0.4, 0.5) is 0 Å². The van der Waals surface area contributed by atoms with Gasteiger partial charge in [-0.25, -0.2) is 4.98 Å². The third kappa shape index (κ3) is 8.03. The van der Waals surface area contributed by atoms with Gasteiger partial charge in [-0.2, -0.15) is 0 Å². The molecule has 2 saturated heterocycles. The van der Waals surface area contributed by atoms with Gasteiger partial charge in [-0.3, -0.25) is 19.3 Å². The molecular weight excluding hydrogens is 544 g/mol. The van der Waals surface area contributed by atoms with Crippen molar-refractivity contribution in [1.29, 1.82) is 0 Å². The zero-order valence-corrected chi connectivity index (χ0v) is 26.6. The van der Waals surface area contributed by atoms with Crippen molar-refractivity contribution in [3.05, 3.63) is 21.7 Å². The van der Waals surface area contributed by atoms with E-state index in [0.29, 0.717) is 13.0 Å². The molecule has 1 unspecified atom stereocenters. The SMILES string of the molecule is CC(=O)OCCN1[C@H]2C[C@@H](/C(C)=C/c3csc(C)n3)OC(=O)C[C@H](O)C(C)(C)C(=O)[C@H](C)[C@@H](O)[C@@H](C)CCC[C@]21C. The molecule has 0 aromatic carbocycles. The number of Topliss-reactive ketones (excluding diaryl/α,β-unsaturated/α-hetero) is 1. The van der Waals surface area contributed by atoms with Crippen LogP contribution < -0.4 is 0 Å². The Hall–Kier alpha value is -2.14. The van der Waals surface area contributed by atoms with Crippen molar-refractivity contribution in [3.8, 4) is 0 Å². The monoisotopic (exact) mass is 592 g/mol. The Balaban J connectivity index is 1.93. The third-order valence-corrected chi connectivity index (χ3v) is 10.0. The number of ether oxygens (including phenoxy) is 2. The van der Waals surface area contributed by atoms with Crippen molar-refractivity contribution in [3.63, 3.8) is 0 Å². The summed E-state index contributed by atoms with van der Waals surface area (Å²) >= 11 is 1.54. The lowest BCUT2D eigenvalue weighted by Gasteiger charge is -2.34. The first-order chi connectivity index (χ1) is 19.1. The molecule has 2 N–H and O–H groups in total. The van der Waals surface area contributed by atoms with Crippen molar-refractivity contribution in [2.45, 2.75) is 117 Å². The molecule has 3 rings (SSSR count). The van der Waals surface area contributed by atoms with Crippen LogP contribution in [-0.4, -0.2) is 80.9 Å². The van der Waals surface area contributed by atoms with Crippen molar-refractivity contribution >= 4 is 35.1 Å². The number of thiazole rings is 1. The second-order valence-electron chi connectivity index (χ2n) is 12.8. The number of carbonyl (C=O) groups excluding carboxylic acids is 3. The van der Waals surface area contributed by atoms with Gasteiger partial charge in [0.05, 0.1) is 34.7 Å². The third-order valence-electron chi connectivity index (χ3n) is 9.23. The van der Waals surface area contributed by atoms with Gasteiger partial charge in [-0.1, -0.05) is 34.1 Å². The summed E-state index contributed by atoms with van der Waals surface area (Å²) in [6.45, 7) is 15.1. The fraction of sp³-hybridized carbons (Fsp3) is 0.742. The van der Waals surface area contributed by atoms with Crippen LogP contribution in [0.5, 0.6) is 0 Å². The Kier molecular flexibility index (Phi) is 10.9. The number of rotatable bonds is 5. The molecule has 10 heteroatoms. The van der Waals surface area contributed by atoms with Crippen LogP contribution in [0.25, 0.3) is 6.08 Å². The smallest absolute Gasteiger partial charge is 0.309 e. The van der Waals surface area contributed by atoms with Crippen LogP contribution in [0.2, 0.25) is 0 Å². The second kappa shape index (κ2) is 13.4. The molecule has 2 aliphatic rings. The summed E-state index contributed by atoms with van der Waals surface area (Å²) in [4.78, 5) is 44.8. The molecule has 41 heavy (non-hydrogen) atoms. The fourth-order valence-corrected chi connectivity index (χ4v) is 6.81. The predicted molar refractivity (Wildman–Crippen MR) is 158 cm³/mol. The van der Waals surface area contributed by atoms with Crippen LogP contribution in [0.15, 0.2) is 11.0 Å². The average molecular weight is 593 g/mol. The zero-order chi connectivity index (χ0) is 30.7. The first-order valence-electron chi connectivity index (χ1n) is 14.7. The van der Waals surface area contributed by atoms with Crippen LogP contribution in [0.3, 0.4) is 0 Å². The van der Waals surface area contributed by atoms with Gasteiger partial charge < -0.3 is 19.7 Å². The first-order valence-corrected chi connectivity index (χ1v) is 15.6. The van der Waals surface area contributed by atoms with Crippen LogP contribution >= 0.6 is 11.3 Å². The fourth-order valence-electron chi connectivity index (χ4n) is 6.24. The van der Waals surface area contributed by atoms with Gasteiger partial charge in [0.2, 0.25) is 0 Å². The van der Waals surface area contributed by atoms with Gasteiger partial charge in [0, 0.05) is 42.8 Å². The molecule has 2 aliphatic heterocycles. The second-order valence-corrected chi connectivity index (χ2v) is 13.8. The highest BCUT2D eigenvalue weighted by molar-refractivity contribution is 7.09. The largest absolute Gasteiger partial charge is 0.465 e. The Morgan fingerprint density at radius 2 is 1.93 bits per heavy atom. The van der Waals surface area contributed by atoms with E-state index in [4.69, 9.17) is 9.47 Å². The highest BCUT2D eigenvalue weighted by atomic mass is 32.1. The Labute approximate surface area is 248 Å². The number of aliphatic hydroxyl groups excluding tert-OH is 2. The topological polar surface area (TPSA) is 126 Å². The number of hydrogen-bond acceptors (Lipinski definition) is 10. The number of aromatic nitrogens is 1. The quantitative estimate of drug-likeness (QED) is 0.380. The maximum absolute atomic E-state index is 13.4. The standard InChI is InChI=1S/C31H48N2O7S/c1-18-10-9-11-31(8)25(33(31)12-13-39-22(5)34)15-24(19(2)14-23-17-41-21(4)32-23)40-27(36)16-26(35)30(6,7)29(38)20(3)28(18)37/h14,17-18,20,24-26,28,35,37H,9-13,15-16H2,1-8H3/b19-14+/t18-,20+,24-,25-,26-,28-,31+,33?/m0/s1. The van der Waals surface area contributed by atoms with Crippen molar-refractivity contribution in [1.82, 2.24) is 9.88 Å². The number of cyclic esters (lactones) is 1. The Morgan fingerprint density at radius 1 is 1.24 bits per heavy atom. The van der Waals surface area contributed by atoms with E-state index < -0.39 is 35.6 Å². The minimum atomic E-state index is -1.27. The summed E-state index contributed by atoms with van der Waals surface area (Å²) < 4.78 is 11.3. The van der Waals surface area contributed by atoms with Crippen LogP contribution in [0.1, 0.15) is 91.3 Å². The van der Waals surface area contributed by atoms with Crippen LogP contribution in [-0.2, 0) is 23.9 Å². The molecule has 0 spiro atoms. The van der Waals surface area contributed by atoms with E-state index >= 15 is 0 Å². The van der Waals surface area contributed by atoms with E-state index in [1.165, 1.54) is 6.92 Å². The lowest BCUT2D eigenvalue weighted by atomic mass is 9.73. The summed E-state index contributed by atoms with van der Waals surface area (Å²) in [6.07, 6.45) is 1.85. The summed E-state index contributed by atoms with van der Waals surface area (Å²) in [5.41, 5.74) is 0.200. The minimum Gasteiger partial charge on any atom is -0.465 e. The van der Waals surface area contributed by atoms with Crippen molar-refractivity contribution in [2.24, 2.45) is 17.3 Å². The molecule has 9 nitrogen and oxygen atoms in total. The molecule has 2 fully saturated rings. The minimum absolute atomic E-state index is 0.0754. The molecule has 230 valence electrons. The van der Waals surface area contributed by atoms with Gasteiger partial charge >= 0.3 is 11.9 Å². The van der Waals surface area contributed by atoms with Crippen LogP contribution in [0, 0.1) is 24.2 Å². The molecule has 8 atom stereocenters. The van der Waals surface area contributed by atoms with Crippen molar-refractivity contribution in [2.75, 3.05) is 13.2 Å². The van der Waals surface area contributed by atoms with Gasteiger partial charge in [0.1, 0.15) is 18.5 Å². The lowest BCUT2D eigenvalue weighted by Crippen LogP contribution is -2.45. The molecule has 0 radical (unpaired) electrons. The molecule has 3 heterocycles. The number of carbonyl (C=O) groups is 3. The highest BCUT2D eigenvalue weighted by Crippen LogP contribution is 2.48. The molecular formula is C31H48N2O7S. The van der Waals surface area contributed by atoms with Gasteiger partial charge in [0.25, 0.3) is 0 Å². The molecule has 1 aromatic rings. The lowest BCUT2D eigenvalue weighted by molar-refractivity contribution is -0.154. The number of esters is 2. The summed E-state index contributed by atoms with van der Waals surface area (Å²) in [5, 5.41) is 24.9. The van der Waals surface area contributed by atoms with E-state index in [9.17, 15) is 24.6 Å². The number of hydrogen-bond donors (Lipinski definition) is 2. The van der Waals surface area contributed by atoms with E-state index in [1.807, 2.05) is 32.2 Å². The molecule has 0 bridgehead atoms. The Morgan fingerprint density at radius 3 is 2.54 bits per heavy atom. The van der Waals surface area contributed by atoms with E-state index in [-0.39, 0.29) is 42.3 Å². The summed E-state index contributed by atoms with van der Waals surface area (Å²) in [5.74, 6) is -2.00. The molecule has 0 amide bonds. The van der Waals surface area contributed by atoms with Gasteiger partial charge in [0.15, 0.2) is 0 Å². The molecule has 0 saturated carbocycles. The molecule has 0 aliphatic carbocycles. The maximum atomic E-state index is 13.4. The van der Waals surface area contributed by atoms with Crippen molar-refractivity contribution < 1.29 is 34.1 Å². The van der Waals surface area contributed by atoms with E-state index in [1.54, 1.807) is 32.1 Å². The normalized spacial score (nSPS) is 35.4. The van der Waals surface area contributed by atoms with Gasteiger partial charge in [-0.05, 0) is 51.2 Å².